The molecule has 0 fully saturated rings. The Morgan fingerprint density at radius 1 is 1.17 bits per heavy atom. The normalized spacial score (nSPS) is 12.1. The molecule has 154 valence electrons. The molecule has 0 saturated carbocycles. The minimum atomic E-state index is -4.66. The quantitative estimate of drug-likeness (QED) is 0.574. The van der Waals surface area contributed by atoms with Gasteiger partial charge in [-0.1, -0.05) is 0 Å². The number of thiazole rings is 1. The van der Waals surface area contributed by atoms with Crippen LogP contribution in [-0.4, -0.2) is 32.0 Å². The summed E-state index contributed by atoms with van der Waals surface area (Å²) in [5, 5.41) is 7.18. The predicted molar refractivity (Wildman–Crippen MR) is 106 cm³/mol. The van der Waals surface area contributed by atoms with E-state index in [4.69, 9.17) is 0 Å². The molecule has 2 heterocycles. The minimum absolute atomic E-state index is 0.301. The third-order valence-electron chi connectivity index (χ3n) is 3.66. The van der Waals surface area contributed by atoms with Gasteiger partial charge in [-0.15, -0.1) is 11.3 Å². The van der Waals surface area contributed by atoms with Gasteiger partial charge in [0.1, 0.15) is 16.4 Å². The Morgan fingerprint density at radius 3 is 2.45 bits per heavy atom. The van der Waals surface area contributed by atoms with Gasteiger partial charge in [0.15, 0.2) is 0 Å². The van der Waals surface area contributed by atoms with Crippen LogP contribution in [0.3, 0.4) is 0 Å². The molecule has 2 N–H and O–H groups in total. The lowest BCUT2D eigenvalue weighted by atomic mass is 10.3. The largest absolute Gasteiger partial charge is 0.402 e. The average molecular weight is 462 g/mol. The number of halogens is 3. The number of rotatable bonds is 6. The number of amides is 1. The zero-order chi connectivity index (χ0) is 21.2. The number of anilines is 1. The Labute approximate surface area is 172 Å². The molecule has 0 spiro atoms. The summed E-state index contributed by atoms with van der Waals surface area (Å²) in [4.78, 5) is 17.0. The van der Waals surface area contributed by atoms with E-state index in [0.29, 0.717) is 21.3 Å². The minimum Gasteiger partial charge on any atom is -0.321 e. The van der Waals surface area contributed by atoms with Crippen LogP contribution in [0.25, 0.3) is 10.6 Å². The van der Waals surface area contributed by atoms with Crippen molar-refractivity contribution in [3.05, 3.63) is 51.7 Å². The fourth-order valence-corrected chi connectivity index (χ4v) is 4.97. The second kappa shape index (κ2) is 8.22. The molecule has 0 radical (unpaired) electrons. The van der Waals surface area contributed by atoms with Crippen molar-refractivity contribution in [1.29, 1.82) is 0 Å². The van der Waals surface area contributed by atoms with E-state index < -0.39 is 28.7 Å². The molecular formula is C17H14F3N3O3S3. The standard InChI is InChI=1S/C17H14F3N3O3S3/c1-10-14(28-16(22-10)11-6-7-27-8-11)15(24)23-12-2-4-13(5-3-12)29(25,26)21-9-17(18,19)20/h2-8,21H,9H2,1H3,(H,23,24). The molecule has 0 atom stereocenters. The van der Waals surface area contributed by atoms with Crippen LogP contribution in [0, 0.1) is 6.92 Å². The zero-order valence-corrected chi connectivity index (χ0v) is 17.2. The van der Waals surface area contributed by atoms with Crippen molar-refractivity contribution < 1.29 is 26.4 Å². The highest BCUT2D eigenvalue weighted by atomic mass is 32.2. The first-order valence-electron chi connectivity index (χ1n) is 8.03. The van der Waals surface area contributed by atoms with Gasteiger partial charge in [-0.25, -0.2) is 18.1 Å². The molecule has 0 bridgehead atoms. The number of thiophene rings is 1. The number of aryl methyl sites for hydroxylation is 1. The Morgan fingerprint density at radius 2 is 1.86 bits per heavy atom. The molecule has 0 aliphatic heterocycles. The maximum atomic E-state index is 12.5. The molecule has 29 heavy (non-hydrogen) atoms. The van der Waals surface area contributed by atoms with Crippen LogP contribution < -0.4 is 10.0 Å². The van der Waals surface area contributed by atoms with Crippen LogP contribution in [0.15, 0.2) is 46.0 Å². The number of alkyl halides is 3. The number of nitrogens with zero attached hydrogens (tertiary/aromatic N) is 1. The van der Waals surface area contributed by atoms with Crippen molar-refractivity contribution in [1.82, 2.24) is 9.71 Å². The molecule has 3 aromatic rings. The van der Waals surface area contributed by atoms with Gasteiger partial charge >= 0.3 is 6.18 Å². The van der Waals surface area contributed by atoms with Crippen LogP contribution in [0.5, 0.6) is 0 Å². The molecular weight excluding hydrogens is 447 g/mol. The molecule has 0 aliphatic carbocycles. The molecule has 0 aliphatic rings. The van der Waals surface area contributed by atoms with Crippen molar-refractivity contribution in [2.24, 2.45) is 0 Å². The maximum Gasteiger partial charge on any atom is 0.402 e. The van der Waals surface area contributed by atoms with E-state index >= 15 is 0 Å². The monoisotopic (exact) mass is 461 g/mol. The molecule has 12 heteroatoms. The summed E-state index contributed by atoms with van der Waals surface area (Å²) < 4.78 is 61.9. The van der Waals surface area contributed by atoms with E-state index in [1.165, 1.54) is 39.5 Å². The third-order valence-corrected chi connectivity index (χ3v) is 6.96. The van der Waals surface area contributed by atoms with E-state index in [9.17, 15) is 26.4 Å². The highest BCUT2D eigenvalue weighted by molar-refractivity contribution is 7.89. The number of nitrogens with one attached hydrogen (secondary N) is 2. The lowest BCUT2D eigenvalue weighted by Crippen LogP contribution is -2.33. The number of benzene rings is 1. The molecule has 1 aromatic carbocycles. The predicted octanol–water partition coefficient (Wildman–Crippen LogP) is 4.27. The van der Waals surface area contributed by atoms with Gasteiger partial charge < -0.3 is 5.32 Å². The second-order valence-electron chi connectivity index (χ2n) is 5.86. The van der Waals surface area contributed by atoms with Crippen LogP contribution in [0.4, 0.5) is 18.9 Å². The van der Waals surface area contributed by atoms with Gasteiger partial charge in [0.25, 0.3) is 5.91 Å². The highest BCUT2D eigenvalue weighted by Crippen LogP contribution is 2.30. The van der Waals surface area contributed by atoms with Crippen LogP contribution in [0.2, 0.25) is 0 Å². The highest BCUT2D eigenvalue weighted by Gasteiger charge is 2.30. The van der Waals surface area contributed by atoms with E-state index in [-0.39, 0.29) is 4.90 Å². The number of carbonyl (C=O) groups is 1. The van der Waals surface area contributed by atoms with Crippen LogP contribution in [-0.2, 0) is 10.0 Å². The fraction of sp³-hybridized carbons (Fsp3) is 0.176. The second-order valence-corrected chi connectivity index (χ2v) is 9.41. The number of carbonyl (C=O) groups excluding carboxylic acids is 1. The first kappa shape index (κ1) is 21.4. The average Bonchev–Trinajstić information content (AvgIpc) is 3.29. The van der Waals surface area contributed by atoms with Gasteiger partial charge in [0.05, 0.1) is 10.6 Å². The molecule has 0 unspecified atom stereocenters. The Hall–Kier alpha value is -2.28. The maximum absolute atomic E-state index is 12.5. The summed E-state index contributed by atoms with van der Waals surface area (Å²) in [5.74, 6) is -0.410. The summed E-state index contributed by atoms with van der Waals surface area (Å²) in [7, 11) is -4.31. The molecule has 0 saturated heterocycles. The summed E-state index contributed by atoms with van der Waals surface area (Å²) in [5.41, 5.74) is 1.78. The summed E-state index contributed by atoms with van der Waals surface area (Å²) in [6, 6.07) is 6.73. The van der Waals surface area contributed by atoms with Crippen molar-refractivity contribution in [2.45, 2.75) is 18.0 Å². The van der Waals surface area contributed by atoms with Crippen LogP contribution in [0.1, 0.15) is 15.4 Å². The lowest BCUT2D eigenvalue weighted by Gasteiger charge is -2.10. The van der Waals surface area contributed by atoms with Gasteiger partial charge in [-0.2, -0.15) is 24.5 Å². The van der Waals surface area contributed by atoms with E-state index in [0.717, 1.165) is 17.7 Å². The summed E-state index contributed by atoms with van der Waals surface area (Å²) >= 11 is 2.75. The van der Waals surface area contributed by atoms with E-state index in [1.807, 2.05) is 16.8 Å². The van der Waals surface area contributed by atoms with Crippen molar-refractivity contribution in [2.75, 3.05) is 11.9 Å². The topological polar surface area (TPSA) is 88.2 Å². The lowest BCUT2D eigenvalue weighted by molar-refractivity contribution is -0.121. The van der Waals surface area contributed by atoms with Crippen molar-refractivity contribution >= 4 is 44.3 Å². The fourth-order valence-electron chi connectivity index (χ4n) is 2.28. The molecule has 6 nitrogen and oxygen atoms in total. The molecule has 2 aromatic heterocycles. The molecule has 1 amide bonds. The Balaban J connectivity index is 1.71. The molecule has 3 rings (SSSR count). The first-order valence-corrected chi connectivity index (χ1v) is 11.3. The Bertz CT molecular complexity index is 1110. The first-order chi connectivity index (χ1) is 13.5. The van der Waals surface area contributed by atoms with Gasteiger partial charge in [-0.3, -0.25) is 4.79 Å². The number of hydrogen-bond donors (Lipinski definition) is 2. The number of hydrogen-bond acceptors (Lipinski definition) is 6. The van der Waals surface area contributed by atoms with Crippen molar-refractivity contribution in [3.63, 3.8) is 0 Å². The Kier molecular flexibility index (Phi) is 6.08. The van der Waals surface area contributed by atoms with Gasteiger partial charge in [0.2, 0.25) is 10.0 Å². The summed E-state index contributed by atoms with van der Waals surface area (Å²) in [6.07, 6.45) is -4.66. The van der Waals surface area contributed by atoms with E-state index in [1.54, 1.807) is 6.92 Å². The van der Waals surface area contributed by atoms with E-state index in [2.05, 4.69) is 10.3 Å². The van der Waals surface area contributed by atoms with Gasteiger partial charge in [0, 0.05) is 16.6 Å². The van der Waals surface area contributed by atoms with Gasteiger partial charge in [-0.05, 0) is 42.6 Å². The number of aromatic nitrogens is 1. The third kappa shape index (κ3) is 5.41. The number of sulfonamides is 1. The summed E-state index contributed by atoms with van der Waals surface area (Å²) in [6.45, 7) is 0.0498. The van der Waals surface area contributed by atoms with Crippen LogP contribution >= 0.6 is 22.7 Å². The van der Waals surface area contributed by atoms with Crippen molar-refractivity contribution in [3.8, 4) is 10.6 Å². The zero-order valence-electron chi connectivity index (χ0n) is 14.8. The SMILES string of the molecule is Cc1nc(-c2ccsc2)sc1C(=O)Nc1ccc(S(=O)(=O)NCC(F)(F)F)cc1. The smallest absolute Gasteiger partial charge is 0.321 e.